The molecule has 0 fully saturated rings. The van der Waals surface area contributed by atoms with Gasteiger partial charge in [0.25, 0.3) is 0 Å². The third-order valence-corrected chi connectivity index (χ3v) is 7.49. The van der Waals surface area contributed by atoms with E-state index < -0.39 is 26.1 Å². The average Bonchev–Trinajstić information content (AvgIpc) is 2.88. The van der Waals surface area contributed by atoms with Crippen LogP contribution in [-0.2, 0) is 32.4 Å². The molecule has 1 aliphatic rings. The van der Waals surface area contributed by atoms with Gasteiger partial charge in [-0.2, -0.15) is 8.42 Å². The van der Waals surface area contributed by atoms with E-state index in [0.29, 0.717) is 17.5 Å². The Kier molecular flexibility index (Phi) is 5.48. The monoisotopic (exact) mass is 439 g/mol. The molecule has 0 amide bonds. The van der Waals surface area contributed by atoms with Crippen LogP contribution in [0.5, 0.6) is 5.75 Å². The average molecular weight is 440 g/mol. The highest BCUT2D eigenvalue weighted by atomic mass is 32.2. The van der Waals surface area contributed by atoms with Gasteiger partial charge in [0.1, 0.15) is 11.4 Å². The summed E-state index contributed by atoms with van der Waals surface area (Å²) in [6.07, 6.45) is 1.30. The number of nitrogens with zero attached hydrogens (tertiary/aromatic N) is 2. The van der Waals surface area contributed by atoms with Crippen molar-refractivity contribution in [2.24, 2.45) is 0 Å². The Morgan fingerprint density at radius 3 is 2.28 bits per heavy atom. The number of anilines is 1. The summed E-state index contributed by atoms with van der Waals surface area (Å²) in [5.74, 6) is -0.996. The van der Waals surface area contributed by atoms with Gasteiger partial charge in [-0.15, -0.1) is 0 Å². The van der Waals surface area contributed by atoms with Gasteiger partial charge in [0.2, 0.25) is 15.9 Å². The van der Waals surface area contributed by atoms with E-state index in [2.05, 4.69) is 0 Å². The summed E-state index contributed by atoms with van der Waals surface area (Å²) in [6, 6.07) is 11.6. The fraction of sp³-hybridized carbons (Fsp3) is 0.222. The second-order valence-corrected chi connectivity index (χ2v) is 10.5. The Morgan fingerprint density at radius 1 is 1.07 bits per heavy atom. The van der Waals surface area contributed by atoms with Crippen molar-refractivity contribution in [3.05, 3.63) is 71.2 Å². The zero-order chi connectivity index (χ0) is 21.4. The molecular weight excluding hydrogens is 418 g/mol. The SMILES string of the molecule is CN(C)S(=O)(=O)Cc1ccccc1Cc1ccc(N2C=C(O)NS2(=O)=O)c(O)c1. The first-order valence-electron chi connectivity index (χ1n) is 8.51. The third-order valence-electron chi connectivity index (χ3n) is 4.42. The molecule has 2 aromatic rings. The number of aliphatic hydroxyl groups is 1. The first-order chi connectivity index (χ1) is 13.5. The molecule has 0 saturated carbocycles. The van der Waals surface area contributed by atoms with E-state index in [9.17, 15) is 27.0 Å². The second-order valence-electron chi connectivity index (χ2n) is 6.72. The van der Waals surface area contributed by atoms with E-state index in [0.717, 1.165) is 20.4 Å². The van der Waals surface area contributed by atoms with Gasteiger partial charge >= 0.3 is 10.2 Å². The summed E-state index contributed by atoms with van der Waals surface area (Å²) in [4.78, 5) is 0. The maximum atomic E-state index is 12.2. The summed E-state index contributed by atoms with van der Waals surface area (Å²) in [7, 11) is -4.50. The highest BCUT2D eigenvalue weighted by Crippen LogP contribution is 2.33. The lowest BCUT2D eigenvalue weighted by Crippen LogP contribution is -2.29. The number of rotatable bonds is 6. The summed E-state index contributed by atoms with van der Waals surface area (Å²) >= 11 is 0. The van der Waals surface area contributed by atoms with Gasteiger partial charge in [-0.25, -0.2) is 21.8 Å². The smallest absolute Gasteiger partial charge is 0.330 e. The van der Waals surface area contributed by atoms with E-state index in [1.165, 1.54) is 26.2 Å². The maximum absolute atomic E-state index is 12.2. The Bertz CT molecular complexity index is 1170. The van der Waals surface area contributed by atoms with Gasteiger partial charge in [0, 0.05) is 14.1 Å². The minimum Gasteiger partial charge on any atom is -0.506 e. The number of hydrogen-bond acceptors (Lipinski definition) is 6. The van der Waals surface area contributed by atoms with E-state index in [1.807, 2.05) is 4.72 Å². The first kappa shape index (κ1) is 21.0. The van der Waals surface area contributed by atoms with Crippen LogP contribution in [0.25, 0.3) is 0 Å². The molecule has 156 valence electrons. The molecule has 0 atom stereocenters. The van der Waals surface area contributed by atoms with E-state index in [-0.39, 0.29) is 17.2 Å². The van der Waals surface area contributed by atoms with Crippen LogP contribution in [0.1, 0.15) is 16.7 Å². The predicted molar refractivity (Wildman–Crippen MR) is 109 cm³/mol. The molecule has 11 heteroatoms. The highest BCUT2D eigenvalue weighted by molar-refractivity contribution is 7.91. The van der Waals surface area contributed by atoms with Crippen LogP contribution in [0.3, 0.4) is 0 Å². The second kappa shape index (κ2) is 7.58. The number of sulfonamides is 1. The Morgan fingerprint density at radius 2 is 1.72 bits per heavy atom. The van der Waals surface area contributed by atoms with E-state index in [1.54, 1.807) is 30.3 Å². The van der Waals surface area contributed by atoms with Crippen molar-refractivity contribution < 1.29 is 27.0 Å². The molecule has 29 heavy (non-hydrogen) atoms. The lowest BCUT2D eigenvalue weighted by molar-refractivity contribution is 0.392. The summed E-state index contributed by atoms with van der Waals surface area (Å²) in [5, 5.41) is 19.7. The van der Waals surface area contributed by atoms with Crippen molar-refractivity contribution in [1.82, 2.24) is 9.03 Å². The van der Waals surface area contributed by atoms with Gasteiger partial charge in [0.05, 0.1) is 12.0 Å². The van der Waals surface area contributed by atoms with Crippen molar-refractivity contribution in [3.63, 3.8) is 0 Å². The summed E-state index contributed by atoms with van der Waals surface area (Å²) in [6.45, 7) is 0. The number of aromatic hydroxyl groups is 1. The Balaban J connectivity index is 1.89. The van der Waals surface area contributed by atoms with Gasteiger partial charge in [-0.05, 0) is 35.2 Å². The molecule has 9 nitrogen and oxygen atoms in total. The largest absolute Gasteiger partial charge is 0.506 e. The molecule has 0 unspecified atom stereocenters. The lowest BCUT2D eigenvalue weighted by atomic mass is 10.00. The number of phenols is 1. The fourth-order valence-electron chi connectivity index (χ4n) is 2.87. The summed E-state index contributed by atoms with van der Waals surface area (Å²) < 4.78 is 52.2. The van der Waals surface area contributed by atoms with Crippen LogP contribution in [0.2, 0.25) is 0 Å². The quantitative estimate of drug-likeness (QED) is 0.624. The van der Waals surface area contributed by atoms with Crippen molar-refractivity contribution >= 4 is 25.9 Å². The van der Waals surface area contributed by atoms with Crippen LogP contribution in [0, 0.1) is 0 Å². The standard InChI is InChI=1S/C18H21N3O6S2/c1-20(2)28(24,25)12-15-6-4-3-5-14(15)9-13-7-8-16(17(22)10-13)21-11-18(23)19-29(21,26)27/h3-8,10-11,19,22-23H,9,12H2,1-2H3. The number of hydrogen-bond donors (Lipinski definition) is 3. The minimum absolute atomic E-state index is 0.0197. The van der Waals surface area contributed by atoms with Crippen LogP contribution < -0.4 is 9.03 Å². The minimum atomic E-state index is -4.01. The van der Waals surface area contributed by atoms with Crippen molar-refractivity contribution in [2.45, 2.75) is 12.2 Å². The van der Waals surface area contributed by atoms with Gasteiger partial charge in [-0.3, -0.25) is 0 Å². The number of phenolic OH excluding ortho intramolecular Hbond substituents is 1. The zero-order valence-corrected chi connectivity index (χ0v) is 17.4. The van der Waals surface area contributed by atoms with Crippen LogP contribution in [0.15, 0.2) is 54.5 Å². The maximum Gasteiger partial charge on any atom is 0.330 e. The topological polar surface area (TPSA) is 127 Å². The summed E-state index contributed by atoms with van der Waals surface area (Å²) in [5.41, 5.74) is 2.06. The van der Waals surface area contributed by atoms with Crippen LogP contribution >= 0.6 is 0 Å². The Hall–Kier alpha value is -2.76. The number of aliphatic hydroxyl groups excluding tert-OH is 1. The number of nitrogens with one attached hydrogen (secondary N) is 1. The fourth-order valence-corrected chi connectivity index (χ4v) is 4.87. The molecule has 3 rings (SSSR count). The molecule has 0 aliphatic carbocycles. The highest BCUT2D eigenvalue weighted by Gasteiger charge is 2.30. The molecule has 0 radical (unpaired) electrons. The van der Waals surface area contributed by atoms with Gasteiger partial charge in [-0.1, -0.05) is 30.3 Å². The molecule has 0 bridgehead atoms. The molecule has 2 aromatic carbocycles. The third kappa shape index (κ3) is 4.47. The first-order valence-corrected chi connectivity index (χ1v) is 11.6. The van der Waals surface area contributed by atoms with Crippen LogP contribution in [-0.4, -0.2) is 45.4 Å². The van der Waals surface area contributed by atoms with Gasteiger partial charge < -0.3 is 10.2 Å². The zero-order valence-electron chi connectivity index (χ0n) is 15.8. The molecule has 0 aromatic heterocycles. The predicted octanol–water partition coefficient (Wildman–Crippen LogP) is 1.39. The van der Waals surface area contributed by atoms with E-state index in [4.69, 9.17) is 0 Å². The van der Waals surface area contributed by atoms with Gasteiger partial charge in [0.15, 0.2) is 0 Å². The van der Waals surface area contributed by atoms with E-state index >= 15 is 0 Å². The molecule has 0 spiro atoms. The normalized spacial score (nSPS) is 16.0. The molecular formula is C18H21N3O6S2. The lowest BCUT2D eigenvalue weighted by Gasteiger charge is -2.17. The molecule has 0 saturated heterocycles. The van der Waals surface area contributed by atoms with Crippen molar-refractivity contribution in [3.8, 4) is 5.75 Å². The molecule has 1 heterocycles. The van der Waals surface area contributed by atoms with Crippen molar-refractivity contribution in [2.75, 3.05) is 18.4 Å². The number of benzene rings is 2. The Labute approximate surface area is 169 Å². The van der Waals surface area contributed by atoms with Crippen molar-refractivity contribution in [1.29, 1.82) is 0 Å². The molecule has 3 N–H and O–H groups in total. The van der Waals surface area contributed by atoms with Crippen LogP contribution in [0.4, 0.5) is 5.69 Å². The molecule has 1 aliphatic heterocycles.